The molecule has 1 aliphatic rings. The number of ether oxygens (including phenoxy) is 2. The minimum Gasteiger partial charge on any atom is -0.496 e. The Kier molecular flexibility index (Phi) is 5.67. The van der Waals surface area contributed by atoms with Gasteiger partial charge in [-0.1, -0.05) is 42.5 Å². The number of nitrogens with zero attached hydrogens (tertiary/aromatic N) is 2. The second-order valence-electron chi connectivity index (χ2n) is 7.36. The number of likely N-dealkylation sites (N-methyl/N-ethyl adjacent to an activating group) is 1. The summed E-state index contributed by atoms with van der Waals surface area (Å²) in [5.41, 5.74) is 2.03. The third kappa shape index (κ3) is 4.20. The van der Waals surface area contributed by atoms with Crippen LogP contribution in [0, 0.1) is 0 Å². The van der Waals surface area contributed by atoms with Gasteiger partial charge in [0.1, 0.15) is 11.5 Å². The third-order valence-corrected chi connectivity index (χ3v) is 5.45. The highest BCUT2D eigenvalue weighted by molar-refractivity contribution is 5.99. The summed E-state index contributed by atoms with van der Waals surface area (Å²) in [5, 5.41) is 2.19. The molecule has 1 fully saturated rings. The molecular formula is C24H26N2O3. The van der Waals surface area contributed by atoms with Gasteiger partial charge in [0.2, 0.25) is 0 Å². The monoisotopic (exact) mass is 390 g/mol. The zero-order valence-corrected chi connectivity index (χ0v) is 16.9. The summed E-state index contributed by atoms with van der Waals surface area (Å²) >= 11 is 0. The van der Waals surface area contributed by atoms with Crippen molar-refractivity contribution in [2.45, 2.75) is 0 Å². The Bertz CT molecular complexity index is 1010. The number of carbonyl (C=O) groups is 1. The number of benzene rings is 3. The van der Waals surface area contributed by atoms with Crippen LogP contribution in [0.1, 0.15) is 0 Å². The smallest absolute Gasteiger partial charge is 0.260 e. The maximum absolute atomic E-state index is 12.6. The Morgan fingerprint density at radius 1 is 0.931 bits per heavy atom. The number of hydrogen-bond acceptors (Lipinski definition) is 4. The van der Waals surface area contributed by atoms with E-state index in [1.165, 1.54) is 0 Å². The van der Waals surface area contributed by atoms with Gasteiger partial charge in [-0.15, -0.1) is 0 Å². The molecule has 3 aromatic carbocycles. The number of rotatable bonds is 5. The molecule has 0 N–H and O–H groups in total. The van der Waals surface area contributed by atoms with Gasteiger partial charge in [-0.05, 0) is 41.6 Å². The largest absolute Gasteiger partial charge is 0.496 e. The number of amides is 1. The van der Waals surface area contributed by atoms with Crippen molar-refractivity contribution in [3.05, 3.63) is 60.7 Å². The van der Waals surface area contributed by atoms with Gasteiger partial charge in [0.25, 0.3) is 5.91 Å². The minimum atomic E-state index is 0.0325. The average molecular weight is 390 g/mol. The molecule has 4 rings (SSSR count). The molecule has 150 valence electrons. The Balaban J connectivity index is 1.61. The lowest BCUT2D eigenvalue weighted by Gasteiger charge is -2.32. The van der Waals surface area contributed by atoms with Crippen LogP contribution in [-0.2, 0) is 4.79 Å². The van der Waals surface area contributed by atoms with Crippen LogP contribution >= 0.6 is 0 Å². The van der Waals surface area contributed by atoms with E-state index in [0.717, 1.165) is 53.8 Å². The van der Waals surface area contributed by atoms with Gasteiger partial charge in [0, 0.05) is 31.7 Å². The predicted octanol–water partition coefficient (Wildman–Crippen LogP) is 3.67. The molecule has 1 heterocycles. The van der Waals surface area contributed by atoms with Crippen molar-refractivity contribution in [3.8, 4) is 22.6 Å². The Morgan fingerprint density at radius 2 is 1.66 bits per heavy atom. The molecule has 5 nitrogen and oxygen atoms in total. The highest BCUT2D eigenvalue weighted by atomic mass is 16.5. The molecule has 0 atom stereocenters. The second-order valence-corrected chi connectivity index (χ2v) is 7.36. The molecule has 0 spiro atoms. The summed E-state index contributed by atoms with van der Waals surface area (Å²) in [6.45, 7) is 3.36. The van der Waals surface area contributed by atoms with Crippen LogP contribution in [0.2, 0.25) is 0 Å². The summed E-state index contributed by atoms with van der Waals surface area (Å²) < 4.78 is 11.5. The molecule has 1 saturated heterocycles. The average Bonchev–Trinajstić information content (AvgIpc) is 2.77. The fourth-order valence-corrected chi connectivity index (χ4v) is 3.75. The van der Waals surface area contributed by atoms with Gasteiger partial charge in [-0.2, -0.15) is 0 Å². The predicted molar refractivity (Wildman–Crippen MR) is 116 cm³/mol. The highest BCUT2D eigenvalue weighted by Crippen LogP contribution is 2.37. The fraction of sp³-hybridized carbons (Fsp3) is 0.292. The van der Waals surface area contributed by atoms with E-state index in [-0.39, 0.29) is 12.5 Å². The van der Waals surface area contributed by atoms with Crippen LogP contribution in [0.3, 0.4) is 0 Å². The van der Waals surface area contributed by atoms with E-state index in [1.54, 1.807) is 7.11 Å². The molecule has 0 aromatic heterocycles. The zero-order valence-electron chi connectivity index (χ0n) is 16.9. The first kappa shape index (κ1) is 19.3. The first-order valence-corrected chi connectivity index (χ1v) is 9.91. The van der Waals surface area contributed by atoms with Gasteiger partial charge in [-0.3, -0.25) is 4.79 Å². The second kappa shape index (κ2) is 8.53. The standard InChI is InChI=1S/C24H26N2O3/c1-25-11-13-26(14-12-25)24(27)17-29-19-15-18-7-3-4-8-20(18)22(16-19)21-9-5-6-10-23(21)28-2/h3-10,15-16H,11-14,17H2,1-2H3. The van der Waals surface area contributed by atoms with Crippen molar-refractivity contribution < 1.29 is 14.3 Å². The van der Waals surface area contributed by atoms with E-state index in [4.69, 9.17) is 9.47 Å². The summed E-state index contributed by atoms with van der Waals surface area (Å²) in [5.74, 6) is 1.53. The van der Waals surface area contributed by atoms with Gasteiger partial charge in [-0.25, -0.2) is 0 Å². The molecule has 0 bridgehead atoms. The van der Waals surface area contributed by atoms with Gasteiger partial charge < -0.3 is 19.3 Å². The third-order valence-electron chi connectivity index (χ3n) is 5.45. The van der Waals surface area contributed by atoms with Crippen molar-refractivity contribution in [1.29, 1.82) is 0 Å². The van der Waals surface area contributed by atoms with E-state index >= 15 is 0 Å². The first-order valence-electron chi connectivity index (χ1n) is 9.91. The Morgan fingerprint density at radius 3 is 2.45 bits per heavy atom. The lowest BCUT2D eigenvalue weighted by molar-refractivity contribution is -0.134. The van der Waals surface area contributed by atoms with E-state index in [0.29, 0.717) is 5.75 Å². The number of para-hydroxylation sites is 1. The normalized spacial score (nSPS) is 14.8. The summed E-state index contributed by atoms with van der Waals surface area (Å²) in [7, 11) is 3.75. The molecule has 0 unspecified atom stereocenters. The number of carbonyl (C=O) groups excluding carboxylic acids is 1. The van der Waals surface area contributed by atoms with Crippen LogP contribution < -0.4 is 9.47 Å². The topological polar surface area (TPSA) is 42.0 Å². The van der Waals surface area contributed by atoms with E-state index in [2.05, 4.69) is 24.1 Å². The summed E-state index contributed by atoms with van der Waals surface area (Å²) in [4.78, 5) is 16.7. The van der Waals surface area contributed by atoms with Crippen LogP contribution in [0.15, 0.2) is 60.7 Å². The summed E-state index contributed by atoms with van der Waals surface area (Å²) in [6, 6.07) is 20.1. The maximum Gasteiger partial charge on any atom is 0.260 e. The molecule has 0 radical (unpaired) electrons. The first-order chi connectivity index (χ1) is 14.2. The number of piperazine rings is 1. The van der Waals surface area contributed by atoms with E-state index in [9.17, 15) is 4.79 Å². The van der Waals surface area contributed by atoms with Crippen molar-refractivity contribution in [3.63, 3.8) is 0 Å². The Labute approximate surface area is 171 Å². The molecule has 0 aliphatic carbocycles. The molecule has 5 heteroatoms. The lowest BCUT2D eigenvalue weighted by Crippen LogP contribution is -2.48. The lowest BCUT2D eigenvalue weighted by atomic mass is 9.97. The van der Waals surface area contributed by atoms with Crippen LogP contribution in [0.4, 0.5) is 0 Å². The number of methoxy groups -OCH3 is 1. The van der Waals surface area contributed by atoms with E-state index < -0.39 is 0 Å². The molecular weight excluding hydrogens is 364 g/mol. The molecule has 29 heavy (non-hydrogen) atoms. The van der Waals surface area contributed by atoms with E-state index in [1.807, 2.05) is 53.4 Å². The molecule has 3 aromatic rings. The quantitative estimate of drug-likeness (QED) is 0.667. The van der Waals surface area contributed by atoms with Crippen LogP contribution in [0.5, 0.6) is 11.5 Å². The van der Waals surface area contributed by atoms with Crippen molar-refractivity contribution in [1.82, 2.24) is 9.80 Å². The highest BCUT2D eigenvalue weighted by Gasteiger charge is 2.19. The Hall–Kier alpha value is -3.05. The number of fused-ring (bicyclic) bond motifs is 1. The van der Waals surface area contributed by atoms with Gasteiger partial charge in [0.15, 0.2) is 6.61 Å². The number of hydrogen-bond donors (Lipinski definition) is 0. The van der Waals surface area contributed by atoms with Crippen LogP contribution in [-0.4, -0.2) is 62.7 Å². The molecule has 1 aliphatic heterocycles. The van der Waals surface area contributed by atoms with Crippen molar-refractivity contribution in [2.75, 3.05) is 46.9 Å². The van der Waals surface area contributed by atoms with Gasteiger partial charge >= 0.3 is 0 Å². The zero-order chi connectivity index (χ0) is 20.2. The summed E-state index contributed by atoms with van der Waals surface area (Å²) in [6.07, 6.45) is 0. The van der Waals surface area contributed by atoms with Crippen LogP contribution in [0.25, 0.3) is 21.9 Å². The van der Waals surface area contributed by atoms with Crippen molar-refractivity contribution in [2.24, 2.45) is 0 Å². The maximum atomic E-state index is 12.6. The molecule has 1 amide bonds. The van der Waals surface area contributed by atoms with Crippen molar-refractivity contribution >= 4 is 16.7 Å². The SMILES string of the molecule is COc1ccccc1-c1cc(OCC(=O)N2CCN(C)CC2)cc2ccccc12. The minimum absolute atomic E-state index is 0.0325. The molecule has 0 saturated carbocycles. The van der Waals surface area contributed by atoms with Gasteiger partial charge in [0.05, 0.1) is 7.11 Å². The fourth-order valence-electron chi connectivity index (χ4n) is 3.75.